The van der Waals surface area contributed by atoms with Crippen LogP contribution in [0.1, 0.15) is 26.3 Å². The number of hydrogen-bond acceptors (Lipinski definition) is 2. The Morgan fingerprint density at radius 1 is 0.350 bits per heavy atom. The van der Waals surface area contributed by atoms with Gasteiger partial charge in [0.2, 0.25) is 0 Å². The summed E-state index contributed by atoms with van der Waals surface area (Å²) in [6, 6.07) is 78.7. The fraction of sp³-hybridized carbons (Fsp3) is 0.0690. The number of fused-ring (bicyclic) bond motifs is 3. The number of anilines is 3. The number of nitrogens with zero attached hydrogens (tertiary/aromatic N) is 1. The molecule has 2 nitrogen and oxygen atoms in total. The first kappa shape index (κ1) is 36.9. The third-order valence-corrected chi connectivity index (χ3v) is 11.7. The molecule has 10 aromatic rings. The Morgan fingerprint density at radius 3 is 1.37 bits per heavy atom. The van der Waals surface area contributed by atoms with Gasteiger partial charge < -0.3 is 9.32 Å². The molecule has 0 N–H and O–H groups in total. The first-order valence-corrected chi connectivity index (χ1v) is 20.7. The van der Waals surface area contributed by atoms with Crippen molar-refractivity contribution in [3.05, 3.63) is 224 Å². The fourth-order valence-corrected chi connectivity index (χ4v) is 8.45. The van der Waals surface area contributed by atoms with E-state index in [-0.39, 0.29) is 5.41 Å². The summed E-state index contributed by atoms with van der Waals surface area (Å²) in [5, 5.41) is 2.25. The van der Waals surface area contributed by atoms with Crippen LogP contribution in [-0.2, 0) is 5.41 Å². The molecule has 0 amide bonds. The first-order chi connectivity index (χ1) is 29.4. The topological polar surface area (TPSA) is 16.4 Å². The molecule has 1 heterocycles. The van der Waals surface area contributed by atoms with Crippen LogP contribution in [-0.4, -0.2) is 0 Å². The van der Waals surface area contributed by atoms with E-state index in [1.54, 1.807) is 0 Å². The second-order valence-corrected chi connectivity index (χ2v) is 16.6. The second-order valence-electron chi connectivity index (χ2n) is 16.6. The van der Waals surface area contributed by atoms with Gasteiger partial charge in [0.25, 0.3) is 0 Å². The maximum Gasteiger partial charge on any atom is 0.136 e. The lowest BCUT2D eigenvalue weighted by molar-refractivity contribution is 0.590. The van der Waals surface area contributed by atoms with E-state index in [0.29, 0.717) is 0 Å². The van der Waals surface area contributed by atoms with Gasteiger partial charge in [-0.05, 0) is 110 Å². The van der Waals surface area contributed by atoms with Crippen LogP contribution in [0.25, 0.3) is 77.6 Å². The van der Waals surface area contributed by atoms with Crippen LogP contribution in [0, 0.1) is 0 Å². The molecule has 1 aromatic heterocycles. The van der Waals surface area contributed by atoms with Crippen LogP contribution < -0.4 is 4.90 Å². The summed E-state index contributed by atoms with van der Waals surface area (Å²) >= 11 is 0. The van der Waals surface area contributed by atoms with Crippen LogP contribution in [0.5, 0.6) is 0 Å². The summed E-state index contributed by atoms with van der Waals surface area (Å²) in [4.78, 5) is 2.41. The molecule has 0 spiro atoms. The van der Waals surface area contributed by atoms with Gasteiger partial charge in [0.1, 0.15) is 11.2 Å². The van der Waals surface area contributed by atoms with Crippen molar-refractivity contribution in [2.45, 2.75) is 26.2 Å². The average molecular weight is 772 g/mol. The molecule has 288 valence electrons. The molecule has 0 saturated carbocycles. The van der Waals surface area contributed by atoms with Crippen molar-refractivity contribution in [1.29, 1.82) is 0 Å². The molecule has 0 atom stereocenters. The number of furan rings is 1. The largest absolute Gasteiger partial charge is 0.456 e. The van der Waals surface area contributed by atoms with Crippen LogP contribution in [0.2, 0.25) is 0 Å². The standard InChI is InChI=1S/C58H45NO/c1-58(2,3)48-30-23-45(24-31-48)53-37-47(39-56-57(53)52-21-13-14-22-55(52)60-56)51-36-29-46(42-19-11-6-12-20-42)38-54(51)59(49-32-25-43(26-33-49)40-15-7-4-8-16-40)50-34-27-44(28-35-50)41-17-9-5-10-18-41/h4-39H,1-3H3. The minimum atomic E-state index is 0.0511. The van der Waals surface area contributed by atoms with Gasteiger partial charge in [-0.3, -0.25) is 0 Å². The summed E-state index contributed by atoms with van der Waals surface area (Å²) in [5.74, 6) is 0. The van der Waals surface area contributed by atoms with Crippen molar-refractivity contribution in [3.63, 3.8) is 0 Å². The van der Waals surface area contributed by atoms with Crippen molar-refractivity contribution in [2.24, 2.45) is 0 Å². The Morgan fingerprint density at radius 2 is 0.817 bits per heavy atom. The van der Waals surface area contributed by atoms with Gasteiger partial charge in [0, 0.05) is 27.7 Å². The molecule has 0 aliphatic carbocycles. The van der Waals surface area contributed by atoms with E-state index in [9.17, 15) is 0 Å². The molecule has 0 fully saturated rings. The van der Waals surface area contributed by atoms with Gasteiger partial charge in [-0.1, -0.05) is 191 Å². The molecule has 0 unspecified atom stereocenters. The third kappa shape index (κ3) is 7.07. The predicted molar refractivity (Wildman–Crippen MR) is 254 cm³/mol. The quantitative estimate of drug-likeness (QED) is 0.153. The summed E-state index contributed by atoms with van der Waals surface area (Å²) in [7, 11) is 0. The van der Waals surface area contributed by atoms with Crippen LogP contribution in [0.15, 0.2) is 223 Å². The molecule has 0 saturated heterocycles. The lowest BCUT2D eigenvalue weighted by Crippen LogP contribution is -2.11. The predicted octanol–water partition coefficient (Wildman–Crippen LogP) is 16.7. The molecular weight excluding hydrogens is 727 g/mol. The Bertz CT molecular complexity index is 2980. The van der Waals surface area contributed by atoms with E-state index in [1.807, 2.05) is 6.07 Å². The van der Waals surface area contributed by atoms with E-state index in [4.69, 9.17) is 4.42 Å². The van der Waals surface area contributed by atoms with Gasteiger partial charge >= 0.3 is 0 Å². The van der Waals surface area contributed by atoms with Gasteiger partial charge in [-0.2, -0.15) is 0 Å². The van der Waals surface area contributed by atoms with E-state index in [0.717, 1.165) is 72.4 Å². The van der Waals surface area contributed by atoms with Crippen molar-refractivity contribution in [2.75, 3.05) is 4.90 Å². The van der Waals surface area contributed by atoms with Crippen molar-refractivity contribution < 1.29 is 4.42 Å². The van der Waals surface area contributed by atoms with E-state index < -0.39 is 0 Å². The molecule has 0 bridgehead atoms. The van der Waals surface area contributed by atoms with Gasteiger partial charge in [0.15, 0.2) is 0 Å². The maximum absolute atomic E-state index is 6.71. The highest BCUT2D eigenvalue weighted by Crippen LogP contribution is 2.47. The minimum Gasteiger partial charge on any atom is -0.456 e. The Hall–Kier alpha value is -7.42. The summed E-state index contributed by atoms with van der Waals surface area (Å²) in [6.45, 7) is 6.80. The Labute approximate surface area is 352 Å². The number of benzene rings is 9. The van der Waals surface area contributed by atoms with Crippen molar-refractivity contribution >= 4 is 39.0 Å². The average Bonchev–Trinajstić information content (AvgIpc) is 3.69. The SMILES string of the molecule is CC(C)(C)c1ccc(-c2cc(-c3ccc(-c4ccccc4)cc3N(c3ccc(-c4ccccc4)cc3)c3ccc(-c4ccccc4)cc3)cc3oc4ccccc4c23)cc1. The zero-order valence-electron chi connectivity index (χ0n) is 34.1. The highest BCUT2D eigenvalue weighted by Gasteiger charge is 2.22. The summed E-state index contributed by atoms with van der Waals surface area (Å²) < 4.78 is 6.71. The van der Waals surface area contributed by atoms with Crippen molar-refractivity contribution in [3.8, 4) is 55.6 Å². The highest BCUT2D eigenvalue weighted by molar-refractivity contribution is 6.14. The third-order valence-electron chi connectivity index (χ3n) is 11.7. The van der Waals surface area contributed by atoms with Crippen LogP contribution in [0.3, 0.4) is 0 Å². The molecule has 10 rings (SSSR count). The molecule has 0 radical (unpaired) electrons. The molecule has 0 aliphatic heterocycles. The van der Waals surface area contributed by atoms with Crippen molar-refractivity contribution in [1.82, 2.24) is 0 Å². The summed E-state index contributed by atoms with van der Waals surface area (Å²) in [6.07, 6.45) is 0. The van der Waals surface area contributed by atoms with Gasteiger partial charge in [-0.15, -0.1) is 0 Å². The van der Waals surface area contributed by atoms with E-state index in [2.05, 4.69) is 238 Å². The van der Waals surface area contributed by atoms with Gasteiger partial charge in [0.05, 0.1) is 5.69 Å². The molecule has 60 heavy (non-hydrogen) atoms. The monoisotopic (exact) mass is 771 g/mol. The van der Waals surface area contributed by atoms with Gasteiger partial charge in [-0.25, -0.2) is 0 Å². The number of para-hydroxylation sites is 1. The van der Waals surface area contributed by atoms with E-state index in [1.165, 1.54) is 27.8 Å². The van der Waals surface area contributed by atoms with E-state index >= 15 is 0 Å². The second kappa shape index (κ2) is 15.4. The summed E-state index contributed by atoms with van der Waals surface area (Å²) in [5.41, 5.74) is 17.8. The molecular formula is C58H45NO. The zero-order chi connectivity index (χ0) is 40.6. The Balaban J connectivity index is 1.21. The Kier molecular flexibility index (Phi) is 9.47. The fourth-order valence-electron chi connectivity index (χ4n) is 8.45. The molecule has 0 aliphatic rings. The van der Waals surface area contributed by atoms with Crippen LogP contribution >= 0.6 is 0 Å². The molecule has 9 aromatic carbocycles. The maximum atomic E-state index is 6.71. The first-order valence-electron chi connectivity index (χ1n) is 20.7. The molecule has 2 heteroatoms. The normalized spacial score (nSPS) is 11.6. The minimum absolute atomic E-state index is 0.0511. The number of rotatable bonds is 8. The zero-order valence-corrected chi connectivity index (χ0v) is 34.1. The van der Waals surface area contributed by atoms with Crippen LogP contribution in [0.4, 0.5) is 17.1 Å². The highest BCUT2D eigenvalue weighted by atomic mass is 16.3. The number of hydrogen-bond donors (Lipinski definition) is 0. The smallest absolute Gasteiger partial charge is 0.136 e. The lowest BCUT2D eigenvalue weighted by Gasteiger charge is -2.29. The lowest BCUT2D eigenvalue weighted by atomic mass is 9.85.